The molecule has 0 aliphatic rings. The predicted octanol–water partition coefficient (Wildman–Crippen LogP) is 3.13. The van der Waals surface area contributed by atoms with Crippen molar-refractivity contribution in [3.8, 4) is 22.8 Å². The molecule has 3 aromatic rings. The van der Waals surface area contributed by atoms with Crippen LogP contribution in [-0.4, -0.2) is 42.8 Å². The number of ketones is 1. The molecular formula is C20H18N2O5. The van der Waals surface area contributed by atoms with Crippen LogP contribution in [0.4, 0.5) is 0 Å². The van der Waals surface area contributed by atoms with Crippen LogP contribution in [0.3, 0.4) is 0 Å². The number of esters is 1. The van der Waals surface area contributed by atoms with Crippen molar-refractivity contribution in [2.24, 2.45) is 0 Å². The van der Waals surface area contributed by atoms with E-state index in [0.717, 1.165) is 5.56 Å². The lowest BCUT2D eigenvalue weighted by Gasteiger charge is -2.09. The van der Waals surface area contributed by atoms with Gasteiger partial charge >= 0.3 is 5.97 Å². The van der Waals surface area contributed by atoms with Gasteiger partial charge in [0.05, 0.1) is 19.9 Å². The summed E-state index contributed by atoms with van der Waals surface area (Å²) in [6, 6.07) is 15.7. The second-order valence-corrected chi connectivity index (χ2v) is 5.60. The van der Waals surface area contributed by atoms with Crippen LogP contribution < -0.4 is 9.47 Å². The molecule has 0 radical (unpaired) electrons. The smallest absolute Gasteiger partial charge is 0.356 e. The molecule has 0 saturated heterocycles. The van der Waals surface area contributed by atoms with E-state index in [9.17, 15) is 9.59 Å². The third-order valence-electron chi connectivity index (χ3n) is 3.91. The van der Waals surface area contributed by atoms with Gasteiger partial charge in [0.25, 0.3) is 0 Å². The topological polar surface area (TPSA) is 90.5 Å². The molecule has 3 rings (SSSR count). The Balaban J connectivity index is 1.64. The van der Waals surface area contributed by atoms with Gasteiger partial charge < -0.3 is 14.2 Å². The summed E-state index contributed by atoms with van der Waals surface area (Å²) in [4.78, 5) is 24.4. The highest BCUT2D eigenvalue weighted by atomic mass is 16.5. The minimum atomic E-state index is -0.654. The number of aromatic nitrogens is 2. The van der Waals surface area contributed by atoms with Crippen LogP contribution in [-0.2, 0) is 4.74 Å². The fourth-order valence-corrected chi connectivity index (χ4v) is 2.48. The van der Waals surface area contributed by atoms with Gasteiger partial charge in [0.2, 0.25) is 0 Å². The van der Waals surface area contributed by atoms with Gasteiger partial charge in [-0.2, -0.15) is 5.10 Å². The molecule has 138 valence electrons. The van der Waals surface area contributed by atoms with Crippen molar-refractivity contribution < 1.29 is 23.8 Å². The SMILES string of the molecule is COc1ccc(C(=O)COC(=O)c2cc(-c3ccccc3)n[nH]2)cc1OC. The summed E-state index contributed by atoms with van der Waals surface area (Å²) in [5.74, 6) is -0.0710. The number of carbonyl (C=O) groups is 2. The number of nitrogens with one attached hydrogen (secondary N) is 1. The maximum Gasteiger partial charge on any atom is 0.356 e. The van der Waals surface area contributed by atoms with E-state index in [0.29, 0.717) is 22.8 Å². The molecule has 0 atom stereocenters. The van der Waals surface area contributed by atoms with Gasteiger partial charge in [-0.05, 0) is 24.3 Å². The van der Waals surface area contributed by atoms with Gasteiger partial charge in [-0.25, -0.2) is 4.79 Å². The van der Waals surface area contributed by atoms with E-state index in [2.05, 4.69) is 10.2 Å². The van der Waals surface area contributed by atoms with E-state index in [4.69, 9.17) is 14.2 Å². The van der Waals surface area contributed by atoms with Crippen molar-refractivity contribution in [3.63, 3.8) is 0 Å². The number of benzene rings is 2. The van der Waals surface area contributed by atoms with Crippen LogP contribution in [0.15, 0.2) is 54.6 Å². The zero-order valence-electron chi connectivity index (χ0n) is 14.9. The average molecular weight is 366 g/mol. The molecule has 1 aromatic heterocycles. The molecule has 0 bridgehead atoms. The molecule has 1 heterocycles. The first kappa shape index (κ1) is 18.2. The third-order valence-corrected chi connectivity index (χ3v) is 3.91. The Morgan fingerprint density at radius 3 is 2.41 bits per heavy atom. The number of hydrogen-bond acceptors (Lipinski definition) is 6. The largest absolute Gasteiger partial charge is 0.493 e. The number of carbonyl (C=O) groups excluding carboxylic acids is 2. The van der Waals surface area contributed by atoms with Crippen molar-refractivity contribution in [2.45, 2.75) is 0 Å². The van der Waals surface area contributed by atoms with E-state index in [1.54, 1.807) is 24.3 Å². The number of hydrogen-bond donors (Lipinski definition) is 1. The van der Waals surface area contributed by atoms with Crippen molar-refractivity contribution in [2.75, 3.05) is 20.8 Å². The monoisotopic (exact) mass is 366 g/mol. The highest BCUT2D eigenvalue weighted by molar-refractivity contribution is 5.99. The standard InChI is InChI=1S/C20H18N2O5/c1-25-18-9-8-14(10-19(18)26-2)17(23)12-27-20(24)16-11-15(21-22-16)13-6-4-3-5-7-13/h3-11H,12H2,1-2H3,(H,21,22). The molecule has 0 aliphatic carbocycles. The highest BCUT2D eigenvalue weighted by Crippen LogP contribution is 2.27. The van der Waals surface area contributed by atoms with E-state index in [-0.39, 0.29) is 11.5 Å². The first-order valence-electron chi connectivity index (χ1n) is 8.15. The summed E-state index contributed by atoms with van der Waals surface area (Å²) in [6.45, 7) is -0.395. The van der Waals surface area contributed by atoms with Gasteiger partial charge in [0.15, 0.2) is 23.9 Å². The maximum atomic E-state index is 12.3. The van der Waals surface area contributed by atoms with E-state index in [1.165, 1.54) is 14.2 Å². The number of ether oxygens (including phenoxy) is 3. The predicted molar refractivity (Wildman–Crippen MR) is 98.2 cm³/mol. The van der Waals surface area contributed by atoms with Gasteiger partial charge in [-0.15, -0.1) is 0 Å². The van der Waals surface area contributed by atoms with Crippen molar-refractivity contribution in [1.82, 2.24) is 10.2 Å². The van der Waals surface area contributed by atoms with Gasteiger partial charge in [-0.3, -0.25) is 9.89 Å². The Labute approximate surface area is 155 Å². The number of rotatable bonds is 7. The molecule has 2 aromatic carbocycles. The molecule has 0 unspecified atom stereocenters. The number of H-pyrrole nitrogens is 1. The quantitative estimate of drug-likeness (QED) is 0.510. The molecule has 7 heteroatoms. The third kappa shape index (κ3) is 4.14. The van der Waals surface area contributed by atoms with Crippen molar-refractivity contribution in [3.05, 3.63) is 65.9 Å². The normalized spacial score (nSPS) is 10.3. The minimum absolute atomic E-state index is 0.175. The Bertz CT molecular complexity index is 950. The Morgan fingerprint density at radius 1 is 0.963 bits per heavy atom. The van der Waals surface area contributed by atoms with Gasteiger partial charge in [0.1, 0.15) is 5.69 Å². The van der Waals surface area contributed by atoms with Crippen LogP contribution in [0, 0.1) is 0 Å². The van der Waals surface area contributed by atoms with Crippen LogP contribution in [0.1, 0.15) is 20.8 Å². The average Bonchev–Trinajstić information content (AvgIpc) is 3.22. The first-order valence-corrected chi connectivity index (χ1v) is 8.15. The minimum Gasteiger partial charge on any atom is -0.493 e. The van der Waals surface area contributed by atoms with E-state index < -0.39 is 12.6 Å². The Morgan fingerprint density at radius 2 is 1.70 bits per heavy atom. The van der Waals surface area contributed by atoms with Gasteiger partial charge in [-0.1, -0.05) is 30.3 Å². The molecule has 0 aliphatic heterocycles. The second-order valence-electron chi connectivity index (χ2n) is 5.60. The Kier molecular flexibility index (Phi) is 5.51. The van der Waals surface area contributed by atoms with Crippen molar-refractivity contribution >= 4 is 11.8 Å². The molecule has 7 nitrogen and oxygen atoms in total. The zero-order chi connectivity index (χ0) is 19.2. The van der Waals surface area contributed by atoms with Gasteiger partial charge in [0, 0.05) is 11.1 Å². The molecule has 0 spiro atoms. The number of nitrogens with zero attached hydrogens (tertiary/aromatic N) is 1. The lowest BCUT2D eigenvalue weighted by Crippen LogP contribution is -2.14. The lowest BCUT2D eigenvalue weighted by molar-refractivity contribution is 0.0469. The highest BCUT2D eigenvalue weighted by Gasteiger charge is 2.16. The fourth-order valence-electron chi connectivity index (χ4n) is 2.48. The molecular weight excluding hydrogens is 348 g/mol. The van der Waals surface area contributed by atoms with E-state index in [1.807, 2.05) is 30.3 Å². The summed E-state index contributed by atoms with van der Waals surface area (Å²) in [5.41, 5.74) is 2.02. The maximum absolute atomic E-state index is 12.3. The lowest BCUT2D eigenvalue weighted by atomic mass is 10.1. The molecule has 27 heavy (non-hydrogen) atoms. The molecule has 0 amide bonds. The van der Waals surface area contributed by atoms with Crippen LogP contribution >= 0.6 is 0 Å². The summed E-state index contributed by atoms with van der Waals surface area (Å²) in [7, 11) is 2.99. The zero-order valence-corrected chi connectivity index (χ0v) is 14.9. The number of aromatic amines is 1. The molecule has 0 saturated carbocycles. The van der Waals surface area contributed by atoms with Crippen LogP contribution in [0.25, 0.3) is 11.3 Å². The summed E-state index contributed by atoms with van der Waals surface area (Å²) >= 11 is 0. The van der Waals surface area contributed by atoms with Crippen LogP contribution in [0.5, 0.6) is 11.5 Å². The molecule has 1 N–H and O–H groups in total. The first-order chi connectivity index (χ1) is 13.1. The van der Waals surface area contributed by atoms with Crippen LogP contribution in [0.2, 0.25) is 0 Å². The van der Waals surface area contributed by atoms with E-state index >= 15 is 0 Å². The second kappa shape index (κ2) is 8.18. The molecule has 0 fully saturated rings. The number of Topliss-reactive ketones (excluding diaryl/α,β-unsaturated/α-hetero) is 1. The summed E-state index contributed by atoms with van der Waals surface area (Å²) < 4.78 is 15.4. The fraction of sp³-hybridized carbons (Fsp3) is 0.150. The van der Waals surface area contributed by atoms with Crippen molar-refractivity contribution in [1.29, 1.82) is 0 Å². The number of methoxy groups -OCH3 is 2. The summed E-state index contributed by atoms with van der Waals surface area (Å²) in [5, 5.41) is 6.72. The summed E-state index contributed by atoms with van der Waals surface area (Å²) in [6.07, 6.45) is 0. The Hall–Kier alpha value is -3.61.